The molecule has 0 bridgehead atoms. The number of carboxylic acid groups (broad SMARTS) is 1. The first-order valence-electron chi connectivity index (χ1n) is 20.0. The van der Waals surface area contributed by atoms with Gasteiger partial charge >= 0.3 is 11.9 Å². The summed E-state index contributed by atoms with van der Waals surface area (Å²) >= 11 is 0. The van der Waals surface area contributed by atoms with Crippen LogP contribution < -0.4 is 5.11 Å². The summed E-state index contributed by atoms with van der Waals surface area (Å²) in [6.07, 6.45) is 42.6. The van der Waals surface area contributed by atoms with Crippen molar-refractivity contribution in [3.05, 3.63) is 72.9 Å². The highest BCUT2D eigenvalue weighted by Crippen LogP contribution is 2.11. The molecule has 0 amide bonds. The molecule has 0 radical (unpaired) electrons. The van der Waals surface area contributed by atoms with Gasteiger partial charge in [0.05, 0.1) is 40.3 Å². The molecule has 8 nitrogen and oxygen atoms in total. The molecule has 2 atom stereocenters. The molecule has 0 aromatic carbocycles. The summed E-state index contributed by atoms with van der Waals surface area (Å²) in [6.45, 7) is 4.37. The standard InChI is InChI=1S/C44H73NO7/c1-6-8-10-12-14-15-16-17-18-19-20-21-22-23-24-25-26-27-29-30-32-34-42(46)51-39-40(38-50-37-36-41(44(48)49)45(3,4)5)52-43(47)35-33-31-28-13-11-9-7-2/h9,11,14-15,17-18,20-21,23-24,28,31,40-41H,6-8,10,12-13,16,19,22,25-27,29-30,32-39H2,1-5H3/b11-9+,15-14+,18-17+,21-20+,24-23+,31-28+. The average Bonchev–Trinajstić information content (AvgIpc) is 3.09. The van der Waals surface area contributed by atoms with Gasteiger partial charge in [-0.15, -0.1) is 0 Å². The van der Waals surface area contributed by atoms with E-state index >= 15 is 0 Å². The summed E-state index contributed by atoms with van der Waals surface area (Å²) in [5, 5.41) is 11.6. The van der Waals surface area contributed by atoms with Gasteiger partial charge < -0.3 is 28.6 Å². The Labute approximate surface area is 317 Å². The van der Waals surface area contributed by atoms with Gasteiger partial charge in [0.25, 0.3) is 0 Å². The molecule has 0 aliphatic rings. The van der Waals surface area contributed by atoms with Crippen molar-refractivity contribution in [1.82, 2.24) is 0 Å². The molecule has 0 fully saturated rings. The van der Waals surface area contributed by atoms with Crippen molar-refractivity contribution in [3.63, 3.8) is 0 Å². The number of allylic oxidation sites excluding steroid dienone is 12. The summed E-state index contributed by atoms with van der Waals surface area (Å²) in [6, 6.07) is -0.739. The predicted molar refractivity (Wildman–Crippen MR) is 212 cm³/mol. The molecule has 0 rings (SSSR count). The molecule has 0 heterocycles. The van der Waals surface area contributed by atoms with Crippen LogP contribution in [0.4, 0.5) is 0 Å². The van der Waals surface area contributed by atoms with Crippen molar-refractivity contribution >= 4 is 17.9 Å². The topological polar surface area (TPSA) is 102 Å². The highest BCUT2D eigenvalue weighted by atomic mass is 16.6. The Hall–Kier alpha value is -3.23. The molecule has 296 valence electrons. The third kappa shape index (κ3) is 32.7. The lowest BCUT2D eigenvalue weighted by Crippen LogP contribution is -2.55. The van der Waals surface area contributed by atoms with E-state index in [0.29, 0.717) is 12.8 Å². The second-order valence-corrected chi connectivity index (χ2v) is 14.1. The van der Waals surface area contributed by atoms with Crippen molar-refractivity contribution in [2.24, 2.45) is 0 Å². The van der Waals surface area contributed by atoms with Gasteiger partial charge in [-0.05, 0) is 70.6 Å². The molecule has 8 heteroatoms. The second kappa shape index (κ2) is 34.8. The number of hydrogen-bond acceptors (Lipinski definition) is 7. The van der Waals surface area contributed by atoms with Gasteiger partial charge in [0, 0.05) is 19.3 Å². The van der Waals surface area contributed by atoms with Crippen LogP contribution in [-0.4, -0.2) is 75.5 Å². The number of hydrogen-bond donors (Lipinski definition) is 0. The number of ether oxygens (including phenoxy) is 3. The van der Waals surface area contributed by atoms with E-state index in [2.05, 4.69) is 74.6 Å². The Balaban J connectivity index is 4.31. The van der Waals surface area contributed by atoms with Crippen molar-refractivity contribution < 1.29 is 38.2 Å². The number of unbranched alkanes of at least 4 members (excludes halogenated alkanes) is 8. The van der Waals surface area contributed by atoms with Gasteiger partial charge in [-0.2, -0.15) is 0 Å². The van der Waals surface area contributed by atoms with E-state index in [1.807, 2.05) is 12.2 Å². The van der Waals surface area contributed by atoms with Crippen LogP contribution in [0.5, 0.6) is 0 Å². The lowest BCUT2D eigenvalue weighted by Gasteiger charge is -2.34. The highest BCUT2D eigenvalue weighted by molar-refractivity contribution is 5.70. The van der Waals surface area contributed by atoms with E-state index in [0.717, 1.165) is 70.6 Å². The van der Waals surface area contributed by atoms with E-state index in [9.17, 15) is 19.5 Å². The first-order chi connectivity index (χ1) is 25.1. The summed E-state index contributed by atoms with van der Waals surface area (Å²) in [7, 11) is 5.36. The zero-order valence-corrected chi connectivity index (χ0v) is 33.4. The lowest BCUT2D eigenvalue weighted by atomic mass is 10.1. The minimum Gasteiger partial charge on any atom is -0.544 e. The Morgan fingerprint density at radius 3 is 1.67 bits per heavy atom. The fraction of sp³-hybridized carbons (Fsp3) is 0.659. The van der Waals surface area contributed by atoms with Crippen LogP contribution in [0, 0.1) is 0 Å². The number of likely N-dealkylation sites (N-methyl/N-ethyl adjacent to an activating group) is 1. The number of carboxylic acids is 1. The predicted octanol–water partition coefficient (Wildman–Crippen LogP) is 9.07. The molecule has 0 aliphatic carbocycles. The number of esters is 2. The van der Waals surface area contributed by atoms with Crippen LogP contribution in [0.2, 0.25) is 0 Å². The maximum atomic E-state index is 12.5. The molecule has 2 unspecified atom stereocenters. The summed E-state index contributed by atoms with van der Waals surface area (Å²) < 4.78 is 16.9. The van der Waals surface area contributed by atoms with E-state index in [-0.39, 0.29) is 43.1 Å². The molecular weight excluding hydrogens is 654 g/mol. The highest BCUT2D eigenvalue weighted by Gasteiger charge is 2.25. The Morgan fingerprint density at radius 1 is 0.596 bits per heavy atom. The molecule has 0 saturated carbocycles. The first-order valence-corrected chi connectivity index (χ1v) is 20.0. The van der Waals surface area contributed by atoms with Gasteiger partial charge in [0.2, 0.25) is 0 Å². The Bertz CT molecular complexity index is 1080. The molecular formula is C44H73NO7. The number of rotatable bonds is 34. The van der Waals surface area contributed by atoms with Crippen molar-refractivity contribution in [3.8, 4) is 0 Å². The monoisotopic (exact) mass is 728 g/mol. The third-order valence-electron chi connectivity index (χ3n) is 8.34. The SMILES string of the molecule is CC/C=C/C/C=C/CCC(=O)OC(COCCC(C(=O)[O-])[N+](C)(C)C)COC(=O)CCCCCCC/C=C/C/C=C/C/C=C/C/C=C/CCCCC. The summed E-state index contributed by atoms with van der Waals surface area (Å²) in [4.78, 5) is 36.5. The third-order valence-corrected chi connectivity index (χ3v) is 8.34. The van der Waals surface area contributed by atoms with Gasteiger partial charge in [-0.25, -0.2) is 0 Å². The maximum absolute atomic E-state index is 12.5. The second-order valence-electron chi connectivity index (χ2n) is 14.1. The smallest absolute Gasteiger partial charge is 0.306 e. The van der Waals surface area contributed by atoms with Crippen molar-refractivity contribution in [1.29, 1.82) is 0 Å². The zero-order valence-electron chi connectivity index (χ0n) is 33.4. The summed E-state index contributed by atoms with van der Waals surface area (Å²) in [5.74, 6) is -1.87. The van der Waals surface area contributed by atoms with E-state index in [1.165, 1.54) is 25.7 Å². The zero-order chi connectivity index (χ0) is 38.5. The van der Waals surface area contributed by atoms with Crippen LogP contribution in [0.25, 0.3) is 0 Å². The van der Waals surface area contributed by atoms with Crippen LogP contribution in [-0.2, 0) is 28.6 Å². The first kappa shape index (κ1) is 48.8. The quantitative estimate of drug-likeness (QED) is 0.0282. The minimum atomic E-state index is -1.14. The lowest BCUT2D eigenvalue weighted by molar-refractivity contribution is -0.889. The minimum absolute atomic E-state index is 0.00697. The normalized spacial score (nSPS) is 13.8. The van der Waals surface area contributed by atoms with Gasteiger partial charge in [-0.3, -0.25) is 9.59 Å². The number of carbonyl (C=O) groups is 3. The van der Waals surface area contributed by atoms with Gasteiger partial charge in [0.15, 0.2) is 6.10 Å². The fourth-order valence-corrected chi connectivity index (χ4v) is 5.23. The Kier molecular flexibility index (Phi) is 32.7. The van der Waals surface area contributed by atoms with E-state index < -0.39 is 24.1 Å². The Morgan fingerprint density at radius 2 is 1.12 bits per heavy atom. The van der Waals surface area contributed by atoms with Crippen LogP contribution in [0.1, 0.15) is 136 Å². The average molecular weight is 728 g/mol. The largest absolute Gasteiger partial charge is 0.544 e. The number of nitrogens with zero attached hydrogens (tertiary/aromatic N) is 1. The molecule has 0 saturated heterocycles. The molecule has 0 aromatic heterocycles. The van der Waals surface area contributed by atoms with E-state index in [4.69, 9.17) is 14.2 Å². The van der Waals surface area contributed by atoms with Crippen LogP contribution in [0.3, 0.4) is 0 Å². The molecule has 0 N–H and O–H groups in total. The molecule has 0 spiro atoms. The van der Waals surface area contributed by atoms with Crippen molar-refractivity contribution in [2.75, 3.05) is 41.0 Å². The molecule has 0 aromatic rings. The van der Waals surface area contributed by atoms with Gasteiger partial charge in [-0.1, -0.05) is 119 Å². The van der Waals surface area contributed by atoms with Crippen LogP contribution >= 0.6 is 0 Å². The van der Waals surface area contributed by atoms with Crippen molar-refractivity contribution in [2.45, 2.75) is 148 Å². The number of aliphatic carboxylic acids is 1. The van der Waals surface area contributed by atoms with Crippen LogP contribution in [0.15, 0.2) is 72.9 Å². The number of quaternary nitrogens is 1. The maximum Gasteiger partial charge on any atom is 0.306 e. The van der Waals surface area contributed by atoms with E-state index in [1.54, 1.807) is 21.1 Å². The van der Waals surface area contributed by atoms with Gasteiger partial charge in [0.1, 0.15) is 12.6 Å². The molecule has 52 heavy (non-hydrogen) atoms. The number of carbonyl (C=O) groups excluding carboxylic acids is 3. The fourth-order valence-electron chi connectivity index (χ4n) is 5.23. The molecule has 0 aliphatic heterocycles. The summed E-state index contributed by atoms with van der Waals surface area (Å²) in [5.41, 5.74) is 0.